The van der Waals surface area contributed by atoms with E-state index in [1.54, 1.807) is 0 Å². The minimum Gasteiger partial charge on any atom is -1.00 e. The van der Waals surface area contributed by atoms with E-state index in [1.165, 1.54) is 5.52 Å². The van der Waals surface area contributed by atoms with Crippen LogP contribution in [0.5, 0.6) is 0 Å². The molecule has 2 heterocycles. The number of azo groups is 1. The molecule has 138 valence electrons. The minimum atomic E-state index is 0. The number of aromatic nitrogens is 3. The number of benzene rings is 2. The summed E-state index contributed by atoms with van der Waals surface area (Å²) in [5.74, 6) is 0.809. The van der Waals surface area contributed by atoms with Crippen molar-refractivity contribution in [3.8, 4) is 5.69 Å². The summed E-state index contributed by atoms with van der Waals surface area (Å²) < 4.78 is 6.31. The van der Waals surface area contributed by atoms with Crippen molar-refractivity contribution in [3.63, 3.8) is 0 Å². The summed E-state index contributed by atoms with van der Waals surface area (Å²) in [6.07, 6.45) is 0. The molecule has 0 N–H and O–H groups in total. The van der Waals surface area contributed by atoms with Gasteiger partial charge in [-0.1, -0.05) is 36.4 Å². The Hall–Kier alpha value is -2.92. The molecular formula is C21H22ClN5. The van der Waals surface area contributed by atoms with Crippen LogP contribution in [0.4, 0.5) is 11.5 Å². The fourth-order valence-electron chi connectivity index (χ4n) is 3.33. The summed E-state index contributed by atoms with van der Waals surface area (Å²) in [7, 11) is 4.10. The van der Waals surface area contributed by atoms with Crippen LogP contribution in [0.3, 0.4) is 0 Å². The highest BCUT2D eigenvalue weighted by Gasteiger charge is 2.20. The van der Waals surface area contributed by atoms with Crippen LogP contribution < -0.4 is 17.1 Å². The second kappa shape index (κ2) is 7.37. The Morgan fingerprint density at radius 2 is 1.52 bits per heavy atom. The maximum absolute atomic E-state index is 4.64. The van der Waals surface area contributed by atoms with Gasteiger partial charge in [0.2, 0.25) is 0 Å². The fourth-order valence-corrected chi connectivity index (χ4v) is 3.33. The first-order valence-electron chi connectivity index (χ1n) is 8.68. The van der Waals surface area contributed by atoms with Gasteiger partial charge in [0, 0.05) is 25.2 Å². The Bertz CT molecular complexity index is 1120. The van der Waals surface area contributed by atoms with Gasteiger partial charge in [0.1, 0.15) is 5.69 Å². The van der Waals surface area contributed by atoms with Crippen LogP contribution in [0.2, 0.25) is 0 Å². The van der Waals surface area contributed by atoms with Gasteiger partial charge < -0.3 is 17.0 Å². The van der Waals surface area contributed by atoms with E-state index in [1.807, 2.05) is 37.4 Å². The summed E-state index contributed by atoms with van der Waals surface area (Å²) in [6.45, 7) is 4.15. The smallest absolute Gasteiger partial charge is 0.376 e. The Balaban J connectivity index is 0.00000210. The van der Waals surface area contributed by atoms with Gasteiger partial charge in [-0.3, -0.25) is 0 Å². The standard InChI is InChI=1S/C21H22N5.ClH/c1-15-14-20(26(25(15)4)17-10-6-5-7-11-17)22-23-21-16(2)24(3)19-13-9-8-12-18(19)21;/h5-14H,1-4H3;1H/q+1;/p-1. The Morgan fingerprint density at radius 3 is 2.26 bits per heavy atom. The fraction of sp³-hybridized carbons (Fsp3) is 0.190. The molecule has 0 aliphatic heterocycles. The van der Waals surface area contributed by atoms with Gasteiger partial charge in [-0.25, -0.2) is 4.68 Å². The molecule has 0 saturated heterocycles. The number of nitrogens with zero attached hydrogens (tertiary/aromatic N) is 5. The zero-order chi connectivity index (χ0) is 18.3. The average Bonchev–Trinajstić information content (AvgIpc) is 3.08. The van der Waals surface area contributed by atoms with Crippen molar-refractivity contribution in [2.75, 3.05) is 0 Å². The zero-order valence-corrected chi connectivity index (χ0v) is 16.6. The van der Waals surface area contributed by atoms with Crippen molar-refractivity contribution in [1.82, 2.24) is 9.25 Å². The largest absolute Gasteiger partial charge is 1.00 e. The molecule has 0 bridgehead atoms. The van der Waals surface area contributed by atoms with Crippen molar-refractivity contribution in [3.05, 3.63) is 72.1 Å². The van der Waals surface area contributed by atoms with Gasteiger partial charge in [-0.15, -0.1) is 4.68 Å². The molecule has 0 fully saturated rings. The molecule has 0 spiro atoms. The lowest BCUT2D eigenvalue weighted by Crippen LogP contribution is -3.00. The molecule has 4 aromatic rings. The molecule has 0 saturated carbocycles. The average molecular weight is 380 g/mol. The van der Waals surface area contributed by atoms with Crippen LogP contribution in [0.25, 0.3) is 16.6 Å². The molecule has 27 heavy (non-hydrogen) atoms. The third-order valence-corrected chi connectivity index (χ3v) is 4.98. The van der Waals surface area contributed by atoms with Crippen LogP contribution in [0.15, 0.2) is 70.9 Å². The molecule has 0 radical (unpaired) electrons. The normalized spacial score (nSPS) is 11.3. The van der Waals surface area contributed by atoms with E-state index in [2.05, 4.69) is 75.4 Å². The van der Waals surface area contributed by atoms with Crippen LogP contribution in [-0.4, -0.2) is 9.25 Å². The molecule has 6 heteroatoms. The van der Waals surface area contributed by atoms with E-state index in [-0.39, 0.29) is 12.4 Å². The predicted octanol–water partition coefficient (Wildman–Crippen LogP) is 1.83. The molecule has 0 aliphatic rings. The van der Waals surface area contributed by atoms with Crippen molar-refractivity contribution in [2.45, 2.75) is 13.8 Å². The van der Waals surface area contributed by atoms with Gasteiger partial charge in [-0.05, 0) is 37.2 Å². The van der Waals surface area contributed by atoms with E-state index in [0.717, 1.165) is 34.0 Å². The Morgan fingerprint density at radius 1 is 0.852 bits per heavy atom. The predicted molar refractivity (Wildman–Crippen MR) is 104 cm³/mol. The van der Waals surface area contributed by atoms with Crippen LogP contribution in [-0.2, 0) is 14.1 Å². The highest BCUT2D eigenvalue weighted by Crippen LogP contribution is 2.33. The maximum atomic E-state index is 4.64. The number of fused-ring (bicyclic) bond motifs is 1. The SMILES string of the molecule is Cc1c(N=Nc2cc(C)n(C)[n+]2-c2ccccc2)c2ccccc2n1C.[Cl-]. The number of halogens is 1. The number of hydrogen-bond donors (Lipinski definition) is 0. The number of rotatable bonds is 3. The van der Waals surface area contributed by atoms with E-state index in [0.29, 0.717) is 0 Å². The Labute approximate surface area is 165 Å². The molecular weight excluding hydrogens is 358 g/mol. The van der Waals surface area contributed by atoms with Crippen molar-refractivity contribution >= 4 is 22.4 Å². The lowest BCUT2D eigenvalue weighted by Gasteiger charge is -2.02. The highest BCUT2D eigenvalue weighted by atomic mass is 35.5. The number of para-hydroxylation sites is 2. The van der Waals surface area contributed by atoms with Crippen molar-refractivity contribution in [2.24, 2.45) is 24.3 Å². The third-order valence-electron chi connectivity index (χ3n) is 4.98. The quantitative estimate of drug-likeness (QED) is 0.385. The first-order valence-corrected chi connectivity index (χ1v) is 8.68. The molecule has 0 aliphatic carbocycles. The summed E-state index contributed by atoms with van der Waals surface area (Å²) in [6, 6.07) is 20.6. The first-order chi connectivity index (χ1) is 12.6. The van der Waals surface area contributed by atoms with E-state index < -0.39 is 0 Å². The highest BCUT2D eigenvalue weighted by molar-refractivity contribution is 5.93. The Kier molecular flexibility index (Phi) is 5.15. The number of aryl methyl sites for hydroxylation is 2. The molecule has 5 nitrogen and oxygen atoms in total. The molecule has 0 atom stereocenters. The number of hydrogen-bond acceptors (Lipinski definition) is 2. The molecule has 2 aromatic heterocycles. The van der Waals surface area contributed by atoms with Crippen molar-refractivity contribution in [1.29, 1.82) is 0 Å². The van der Waals surface area contributed by atoms with Gasteiger partial charge in [-0.2, -0.15) is 0 Å². The van der Waals surface area contributed by atoms with Crippen molar-refractivity contribution < 1.29 is 17.1 Å². The van der Waals surface area contributed by atoms with Crippen LogP contribution in [0.1, 0.15) is 11.4 Å². The molecule has 4 rings (SSSR count). The summed E-state index contributed by atoms with van der Waals surface area (Å²) in [4.78, 5) is 0. The second-order valence-corrected chi connectivity index (χ2v) is 6.53. The third kappa shape index (κ3) is 3.15. The minimum absolute atomic E-state index is 0. The van der Waals surface area contributed by atoms with Gasteiger partial charge in [0.25, 0.3) is 0 Å². The van der Waals surface area contributed by atoms with E-state index >= 15 is 0 Å². The lowest BCUT2D eigenvalue weighted by atomic mass is 10.2. The van der Waals surface area contributed by atoms with Crippen LogP contribution in [0, 0.1) is 13.8 Å². The van der Waals surface area contributed by atoms with Gasteiger partial charge >= 0.3 is 5.82 Å². The monoisotopic (exact) mass is 379 g/mol. The summed E-state index contributed by atoms with van der Waals surface area (Å²) in [5.41, 5.74) is 5.38. The molecule has 0 amide bonds. The summed E-state index contributed by atoms with van der Waals surface area (Å²) in [5, 5.41) is 10.4. The second-order valence-electron chi connectivity index (χ2n) is 6.53. The summed E-state index contributed by atoms with van der Waals surface area (Å²) >= 11 is 0. The first kappa shape index (κ1) is 18.9. The van der Waals surface area contributed by atoms with E-state index in [9.17, 15) is 0 Å². The lowest BCUT2D eigenvalue weighted by molar-refractivity contribution is -0.670. The van der Waals surface area contributed by atoms with Gasteiger partial charge in [0.15, 0.2) is 5.69 Å². The van der Waals surface area contributed by atoms with Crippen LogP contribution >= 0.6 is 0 Å². The maximum Gasteiger partial charge on any atom is 0.376 e. The van der Waals surface area contributed by atoms with E-state index in [4.69, 9.17) is 0 Å². The zero-order valence-electron chi connectivity index (χ0n) is 15.9. The topological polar surface area (TPSA) is 38.5 Å². The molecule has 0 unspecified atom stereocenters. The van der Waals surface area contributed by atoms with Gasteiger partial charge in [0.05, 0.1) is 22.4 Å². The molecule has 2 aromatic carbocycles.